The zero-order valence-electron chi connectivity index (χ0n) is 6.43. The summed E-state index contributed by atoms with van der Waals surface area (Å²) in [6.07, 6.45) is 0.410. The molecule has 68 valence electrons. The summed E-state index contributed by atoms with van der Waals surface area (Å²) in [5.41, 5.74) is 4.96. The van der Waals surface area contributed by atoms with Crippen LogP contribution < -0.4 is 11.1 Å². The summed E-state index contributed by atoms with van der Waals surface area (Å²) >= 11 is 0. The summed E-state index contributed by atoms with van der Waals surface area (Å²) in [5, 5.41) is 12.5. The topological polar surface area (TPSA) is 111 Å². The molecule has 0 saturated heterocycles. The highest BCUT2D eigenvalue weighted by molar-refractivity contribution is 5.70. The van der Waals surface area contributed by atoms with E-state index in [1.807, 2.05) is 0 Å². The molecule has 0 saturated carbocycles. The molecule has 1 rings (SSSR count). The van der Waals surface area contributed by atoms with Gasteiger partial charge in [0.2, 0.25) is 12.2 Å². The number of carbonyl (C=O) groups is 1. The number of nitrogen functional groups attached to an aromatic ring is 1. The van der Waals surface area contributed by atoms with Crippen LogP contribution in [0.5, 0.6) is 0 Å². The maximum atomic E-state index is 10.3. The van der Waals surface area contributed by atoms with Crippen molar-refractivity contribution in [2.75, 3.05) is 11.1 Å². The maximum absolute atomic E-state index is 10.3. The predicted molar refractivity (Wildman–Crippen MR) is 45.0 cm³/mol. The first kappa shape index (κ1) is 8.91. The highest BCUT2D eigenvalue weighted by atomic mass is 16.6. The van der Waals surface area contributed by atoms with Crippen LogP contribution in [0, 0.1) is 10.1 Å². The Morgan fingerprint density at radius 3 is 2.77 bits per heavy atom. The van der Waals surface area contributed by atoms with Gasteiger partial charge in [-0.2, -0.15) is 0 Å². The smallest absolute Gasteiger partial charge is 0.311 e. The van der Waals surface area contributed by atoms with Crippen LogP contribution in [0.25, 0.3) is 0 Å². The van der Waals surface area contributed by atoms with E-state index in [0.717, 1.165) is 0 Å². The third kappa shape index (κ3) is 1.89. The molecule has 13 heavy (non-hydrogen) atoms. The van der Waals surface area contributed by atoms with Crippen molar-refractivity contribution in [3.05, 3.63) is 22.2 Å². The van der Waals surface area contributed by atoms with Gasteiger partial charge in [0, 0.05) is 6.07 Å². The molecule has 0 bridgehead atoms. The van der Waals surface area contributed by atoms with Crippen molar-refractivity contribution in [3.63, 3.8) is 0 Å². The first-order valence-corrected chi connectivity index (χ1v) is 3.26. The van der Waals surface area contributed by atoms with E-state index in [9.17, 15) is 14.9 Å². The number of rotatable bonds is 3. The lowest BCUT2D eigenvalue weighted by Crippen LogP contribution is -2.02. The summed E-state index contributed by atoms with van der Waals surface area (Å²) in [5.74, 6) is -0.0463. The number of carbonyl (C=O) groups excluding carboxylic acids is 1. The molecule has 3 N–H and O–H groups in total. The standard InChI is InChI=1S/C6H6N4O3/c7-6-4(10(12)13)1-2-5(9-6)8-3-11/h1-3H,(H3,7,8,9,11). The molecule has 0 unspecified atom stereocenters. The van der Waals surface area contributed by atoms with Crippen LogP contribution in [0.2, 0.25) is 0 Å². The molecule has 0 aromatic carbocycles. The number of nitrogens with zero attached hydrogens (tertiary/aromatic N) is 2. The van der Waals surface area contributed by atoms with E-state index >= 15 is 0 Å². The fourth-order valence-electron chi connectivity index (χ4n) is 0.763. The van der Waals surface area contributed by atoms with Crippen LogP contribution in [-0.4, -0.2) is 16.3 Å². The number of nitrogens with two attached hydrogens (primary N) is 1. The van der Waals surface area contributed by atoms with E-state index in [-0.39, 0.29) is 17.3 Å². The Morgan fingerprint density at radius 2 is 2.31 bits per heavy atom. The third-order valence-corrected chi connectivity index (χ3v) is 1.31. The molecule has 1 aromatic heterocycles. The lowest BCUT2D eigenvalue weighted by Gasteiger charge is -1.99. The van der Waals surface area contributed by atoms with Crippen molar-refractivity contribution in [3.8, 4) is 0 Å². The molecule has 1 heterocycles. The highest BCUT2D eigenvalue weighted by Gasteiger charge is 2.12. The molecule has 0 aliphatic carbocycles. The highest BCUT2D eigenvalue weighted by Crippen LogP contribution is 2.20. The van der Waals surface area contributed by atoms with Crippen LogP contribution in [-0.2, 0) is 4.79 Å². The minimum absolute atomic E-state index is 0.179. The molecule has 0 aliphatic heterocycles. The predicted octanol–water partition coefficient (Wildman–Crippen LogP) is 0.140. The van der Waals surface area contributed by atoms with Crippen molar-refractivity contribution < 1.29 is 9.72 Å². The monoisotopic (exact) mass is 182 g/mol. The van der Waals surface area contributed by atoms with Crippen LogP contribution in [0.1, 0.15) is 0 Å². The average Bonchev–Trinajstić information content (AvgIpc) is 2.04. The molecule has 0 aliphatic rings. The van der Waals surface area contributed by atoms with Gasteiger partial charge in [0.1, 0.15) is 5.82 Å². The number of pyridine rings is 1. The second kappa shape index (κ2) is 3.48. The normalized spacial score (nSPS) is 9.23. The molecular formula is C6H6N4O3. The van der Waals surface area contributed by atoms with Gasteiger partial charge in [0.05, 0.1) is 4.92 Å². The first-order valence-electron chi connectivity index (χ1n) is 3.26. The fourth-order valence-corrected chi connectivity index (χ4v) is 0.763. The number of anilines is 2. The second-order valence-corrected chi connectivity index (χ2v) is 2.12. The number of amides is 1. The molecule has 0 radical (unpaired) electrons. The Balaban J connectivity index is 3.05. The SMILES string of the molecule is Nc1nc(NC=O)ccc1[N+](=O)[O-]. The van der Waals surface area contributed by atoms with Crippen molar-refractivity contribution in [2.45, 2.75) is 0 Å². The molecular weight excluding hydrogens is 176 g/mol. The van der Waals surface area contributed by atoms with Gasteiger partial charge in [-0.15, -0.1) is 0 Å². The van der Waals surface area contributed by atoms with Crippen molar-refractivity contribution in [2.24, 2.45) is 0 Å². The van der Waals surface area contributed by atoms with Gasteiger partial charge in [0.15, 0.2) is 0 Å². The number of aromatic nitrogens is 1. The number of nitrogens with one attached hydrogen (secondary N) is 1. The molecule has 7 nitrogen and oxygen atoms in total. The van der Waals surface area contributed by atoms with E-state index in [2.05, 4.69) is 10.3 Å². The van der Waals surface area contributed by atoms with E-state index in [1.54, 1.807) is 0 Å². The van der Waals surface area contributed by atoms with Crippen LogP contribution in [0.4, 0.5) is 17.3 Å². The van der Waals surface area contributed by atoms with Gasteiger partial charge in [-0.25, -0.2) is 4.98 Å². The summed E-state index contributed by atoms with van der Waals surface area (Å²) in [4.78, 5) is 23.2. The summed E-state index contributed by atoms with van der Waals surface area (Å²) in [6.45, 7) is 0. The maximum Gasteiger partial charge on any atom is 0.311 e. The molecule has 7 heteroatoms. The van der Waals surface area contributed by atoms with Crippen molar-refractivity contribution >= 4 is 23.7 Å². The molecule has 1 aromatic rings. The quantitative estimate of drug-likeness (QED) is 0.392. The number of nitro groups is 1. The Morgan fingerprint density at radius 1 is 1.62 bits per heavy atom. The number of hydrogen-bond acceptors (Lipinski definition) is 5. The largest absolute Gasteiger partial charge is 0.378 e. The minimum atomic E-state index is -0.646. The molecule has 0 spiro atoms. The van der Waals surface area contributed by atoms with E-state index in [4.69, 9.17) is 5.73 Å². The first-order chi connectivity index (χ1) is 6.15. The summed E-state index contributed by atoms with van der Waals surface area (Å²) in [6, 6.07) is 2.47. The zero-order valence-corrected chi connectivity index (χ0v) is 6.43. The number of hydrogen-bond donors (Lipinski definition) is 2. The van der Waals surface area contributed by atoms with Gasteiger partial charge in [-0.3, -0.25) is 14.9 Å². The third-order valence-electron chi connectivity index (χ3n) is 1.31. The zero-order chi connectivity index (χ0) is 9.84. The van der Waals surface area contributed by atoms with E-state index in [1.165, 1.54) is 12.1 Å². The lowest BCUT2D eigenvalue weighted by atomic mass is 10.4. The Labute approximate surface area is 72.7 Å². The van der Waals surface area contributed by atoms with Gasteiger partial charge in [-0.1, -0.05) is 0 Å². The van der Waals surface area contributed by atoms with Crippen LogP contribution in [0.15, 0.2) is 12.1 Å². The summed E-state index contributed by atoms with van der Waals surface area (Å²) < 4.78 is 0. The van der Waals surface area contributed by atoms with Crippen molar-refractivity contribution in [1.82, 2.24) is 4.98 Å². The summed E-state index contributed by atoms with van der Waals surface area (Å²) in [7, 11) is 0. The van der Waals surface area contributed by atoms with Gasteiger partial charge in [-0.05, 0) is 6.07 Å². The Kier molecular flexibility index (Phi) is 2.38. The minimum Gasteiger partial charge on any atom is -0.378 e. The van der Waals surface area contributed by atoms with E-state index < -0.39 is 4.92 Å². The molecule has 1 amide bonds. The van der Waals surface area contributed by atoms with E-state index in [0.29, 0.717) is 6.41 Å². The average molecular weight is 182 g/mol. The molecule has 0 fully saturated rings. The fraction of sp³-hybridized carbons (Fsp3) is 0. The lowest BCUT2D eigenvalue weighted by molar-refractivity contribution is -0.384. The van der Waals surface area contributed by atoms with Gasteiger partial charge < -0.3 is 11.1 Å². The van der Waals surface area contributed by atoms with Crippen molar-refractivity contribution in [1.29, 1.82) is 0 Å². The van der Waals surface area contributed by atoms with Crippen LogP contribution in [0.3, 0.4) is 0 Å². The molecule has 0 atom stereocenters. The van der Waals surface area contributed by atoms with Gasteiger partial charge >= 0.3 is 5.69 Å². The van der Waals surface area contributed by atoms with Gasteiger partial charge in [0.25, 0.3) is 0 Å². The Bertz CT molecular complexity index is 352. The van der Waals surface area contributed by atoms with Crippen LogP contribution >= 0.6 is 0 Å². The Hall–Kier alpha value is -2.18. The second-order valence-electron chi connectivity index (χ2n) is 2.12.